The Hall–Kier alpha value is -1.75. The summed E-state index contributed by atoms with van der Waals surface area (Å²) in [6.45, 7) is 3.00. The summed E-state index contributed by atoms with van der Waals surface area (Å²) in [5.74, 6) is 0.332. The number of hydrogen-bond acceptors (Lipinski definition) is 4. The number of rotatable bonds is 3. The molecule has 3 rings (SSSR count). The van der Waals surface area contributed by atoms with Crippen molar-refractivity contribution in [2.45, 2.75) is 32.2 Å². The van der Waals surface area contributed by atoms with Crippen LogP contribution in [0.4, 0.5) is 0 Å². The monoisotopic (exact) mass is 263 g/mol. The number of ether oxygens (including phenoxy) is 2. The van der Waals surface area contributed by atoms with Gasteiger partial charge in [-0.3, -0.25) is 0 Å². The van der Waals surface area contributed by atoms with E-state index in [2.05, 4.69) is 0 Å². The number of nitrogens with two attached hydrogens (primary N) is 1. The lowest BCUT2D eigenvalue weighted by atomic mass is 9.91. The van der Waals surface area contributed by atoms with E-state index in [1.54, 1.807) is 0 Å². The average Bonchev–Trinajstić information content (AvgIpc) is 2.95. The van der Waals surface area contributed by atoms with Crippen LogP contribution in [0, 0.1) is 0 Å². The lowest BCUT2D eigenvalue weighted by Gasteiger charge is -2.16. The molecule has 5 nitrogen and oxygen atoms in total. The van der Waals surface area contributed by atoms with Crippen LogP contribution in [0.2, 0.25) is 0 Å². The van der Waals surface area contributed by atoms with Crippen LogP contribution in [0.1, 0.15) is 34.0 Å². The Morgan fingerprint density at radius 2 is 1.89 bits per heavy atom. The summed E-state index contributed by atoms with van der Waals surface area (Å²) < 4.78 is 11.2. The molecule has 3 N–H and O–H groups in total. The van der Waals surface area contributed by atoms with Crippen molar-refractivity contribution in [3.05, 3.63) is 22.3 Å². The number of carboxylic acid groups (broad SMARTS) is 1. The summed E-state index contributed by atoms with van der Waals surface area (Å²) in [7, 11) is 0. The molecule has 0 aromatic heterocycles. The number of hydrogen-bond donors (Lipinski definition) is 2. The Labute approximate surface area is 111 Å². The Bertz CT molecular complexity index is 516. The fraction of sp³-hybridized carbons (Fsp3) is 0.500. The number of carbonyl (C=O) groups is 1. The highest BCUT2D eigenvalue weighted by atomic mass is 16.5. The molecule has 0 saturated heterocycles. The molecule has 0 fully saturated rings. The molecule has 0 aliphatic carbocycles. The van der Waals surface area contributed by atoms with Gasteiger partial charge >= 0.3 is 5.97 Å². The number of benzene rings is 1. The van der Waals surface area contributed by atoms with Gasteiger partial charge in [0.25, 0.3) is 0 Å². The van der Waals surface area contributed by atoms with Crippen LogP contribution in [0.5, 0.6) is 11.5 Å². The summed E-state index contributed by atoms with van der Waals surface area (Å²) in [6.07, 6.45) is 2.04. The van der Waals surface area contributed by atoms with Crippen LogP contribution in [-0.2, 0) is 19.3 Å². The molecule has 1 aromatic carbocycles. The van der Waals surface area contributed by atoms with Crippen molar-refractivity contribution in [2.24, 2.45) is 5.73 Å². The molecule has 2 aliphatic rings. The zero-order valence-corrected chi connectivity index (χ0v) is 10.9. The Kier molecular flexibility index (Phi) is 2.86. The molecule has 1 atom stereocenters. The lowest BCUT2D eigenvalue weighted by Crippen LogP contribution is -2.19. The second kappa shape index (κ2) is 4.42. The molecule has 0 bridgehead atoms. The van der Waals surface area contributed by atoms with Gasteiger partial charge in [-0.25, -0.2) is 4.79 Å². The van der Waals surface area contributed by atoms with E-state index in [4.69, 9.17) is 15.2 Å². The van der Waals surface area contributed by atoms with Gasteiger partial charge < -0.3 is 20.3 Å². The van der Waals surface area contributed by atoms with Crippen molar-refractivity contribution in [3.8, 4) is 11.5 Å². The molecule has 0 radical (unpaired) electrons. The minimum absolute atomic E-state index is 0.00804. The molecule has 0 saturated carbocycles. The molecule has 102 valence electrons. The quantitative estimate of drug-likeness (QED) is 0.854. The van der Waals surface area contributed by atoms with Crippen molar-refractivity contribution < 1.29 is 19.4 Å². The molecule has 1 aromatic rings. The third kappa shape index (κ3) is 1.85. The van der Waals surface area contributed by atoms with Crippen LogP contribution in [0.15, 0.2) is 0 Å². The molecule has 2 aliphatic heterocycles. The first kappa shape index (κ1) is 12.3. The van der Waals surface area contributed by atoms with Crippen LogP contribution in [-0.4, -0.2) is 30.3 Å². The standard InChI is InChI=1S/C14H17NO4/c1-7(15)6-10-8-2-4-19-13(8)11(14(16)17)9-3-5-18-12(9)10/h7H,2-6,15H2,1H3,(H,16,17). The maximum Gasteiger partial charge on any atom is 0.339 e. The van der Waals surface area contributed by atoms with E-state index in [9.17, 15) is 9.90 Å². The number of carboxylic acids is 1. The van der Waals surface area contributed by atoms with Crippen molar-refractivity contribution in [2.75, 3.05) is 13.2 Å². The zero-order valence-electron chi connectivity index (χ0n) is 10.9. The summed E-state index contributed by atoms with van der Waals surface area (Å²) >= 11 is 0. The fourth-order valence-electron chi connectivity index (χ4n) is 2.97. The third-order valence-electron chi connectivity index (χ3n) is 3.65. The first-order chi connectivity index (χ1) is 9.09. The van der Waals surface area contributed by atoms with Gasteiger partial charge in [0.05, 0.1) is 13.2 Å². The first-order valence-corrected chi connectivity index (χ1v) is 6.54. The zero-order chi connectivity index (χ0) is 13.6. The second-order valence-corrected chi connectivity index (χ2v) is 5.15. The van der Waals surface area contributed by atoms with Crippen LogP contribution >= 0.6 is 0 Å². The van der Waals surface area contributed by atoms with Gasteiger partial charge in [-0.1, -0.05) is 0 Å². The van der Waals surface area contributed by atoms with E-state index in [1.807, 2.05) is 6.92 Å². The highest BCUT2D eigenvalue weighted by molar-refractivity contribution is 5.95. The molecule has 5 heteroatoms. The lowest BCUT2D eigenvalue weighted by molar-refractivity contribution is 0.0692. The van der Waals surface area contributed by atoms with Gasteiger partial charge in [-0.15, -0.1) is 0 Å². The summed E-state index contributed by atoms with van der Waals surface area (Å²) in [4.78, 5) is 11.5. The van der Waals surface area contributed by atoms with E-state index in [-0.39, 0.29) is 11.6 Å². The van der Waals surface area contributed by atoms with E-state index < -0.39 is 5.97 Å². The van der Waals surface area contributed by atoms with E-state index in [0.29, 0.717) is 31.8 Å². The van der Waals surface area contributed by atoms with Crippen LogP contribution < -0.4 is 15.2 Å². The maximum absolute atomic E-state index is 11.5. The van der Waals surface area contributed by atoms with Crippen molar-refractivity contribution in [1.82, 2.24) is 0 Å². The molecule has 0 spiro atoms. The normalized spacial score (nSPS) is 17.4. The van der Waals surface area contributed by atoms with Gasteiger partial charge in [0.15, 0.2) is 0 Å². The topological polar surface area (TPSA) is 81.8 Å². The highest BCUT2D eigenvalue weighted by Crippen LogP contribution is 2.44. The Balaban J connectivity index is 2.25. The van der Waals surface area contributed by atoms with Gasteiger partial charge in [-0.2, -0.15) is 0 Å². The molecular formula is C14H17NO4. The Morgan fingerprint density at radius 3 is 2.53 bits per heavy atom. The average molecular weight is 263 g/mol. The minimum Gasteiger partial charge on any atom is -0.493 e. The molecule has 1 unspecified atom stereocenters. The van der Waals surface area contributed by atoms with Crippen LogP contribution in [0.25, 0.3) is 0 Å². The van der Waals surface area contributed by atoms with E-state index >= 15 is 0 Å². The van der Waals surface area contributed by atoms with Gasteiger partial charge in [0.1, 0.15) is 17.1 Å². The highest BCUT2D eigenvalue weighted by Gasteiger charge is 2.34. The van der Waals surface area contributed by atoms with E-state index in [1.165, 1.54) is 0 Å². The third-order valence-corrected chi connectivity index (χ3v) is 3.65. The largest absolute Gasteiger partial charge is 0.493 e. The van der Waals surface area contributed by atoms with Crippen molar-refractivity contribution in [3.63, 3.8) is 0 Å². The van der Waals surface area contributed by atoms with Crippen LogP contribution in [0.3, 0.4) is 0 Å². The summed E-state index contributed by atoms with van der Waals surface area (Å²) in [5, 5.41) is 9.43. The predicted octanol–water partition coefficient (Wildman–Crippen LogP) is 1.14. The second-order valence-electron chi connectivity index (χ2n) is 5.15. The maximum atomic E-state index is 11.5. The van der Waals surface area contributed by atoms with Gasteiger partial charge in [-0.05, 0) is 13.3 Å². The van der Waals surface area contributed by atoms with Crippen molar-refractivity contribution >= 4 is 5.97 Å². The van der Waals surface area contributed by atoms with Gasteiger partial charge in [0, 0.05) is 35.6 Å². The van der Waals surface area contributed by atoms with E-state index in [0.717, 1.165) is 28.9 Å². The Morgan fingerprint density at radius 1 is 1.26 bits per heavy atom. The number of fused-ring (bicyclic) bond motifs is 2. The van der Waals surface area contributed by atoms with Crippen molar-refractivity contribution in [1.29, 1.82) is 0 Å². The predicted molar refractivity (Wildman–Crippen MR) is 69.2 cm³/mol. The first-order valence-electron chi connectivity index (χ1n) is 6.54. The summed E-state index contributed by atoms with van der Waals surface area (Å²) in [6, 6.07) is 0.00804. The number of aromatic carboxylic acids is 1. The molecule has 2 heterocycles. The minimum atomic E-state index is -0.938. The van der Waals surface area contributed by atoms with Gasteiger partial charge in [0.2, 0.25) is 0 Å². The SMILES string of the molecule is CC(N)Cc1c2c(c(C(=O)O)c3c1OCC3)OCC2. The molecule has 19 heavy (non-hydrogen) atoms. The summed E-state index contributed by atoms with van der Waals surface area (Å²) in [5.41, 5.74) is 8.96. The smallest absolute Gasteiger partial charge is 0.339 e. The fourth-order valence-corrected chi connectivity index (χ4v) is 2.97. The molecular weight excluding hydrogens is 246 g/mol. The molecule has 0 amide bonds.